The van der Waals surface area contributed by atoms with Crippen LogP contribution in [-0.4, -0.2) is 41.3 Å². The summed E-state index contributed by atoms with van der Waals surface area (Å²) in [6, 6.07) is 6.79. The Kier molecular flexibility index (Phi) is 4.61. The fraction of sp³-hybridized carbons (Fsp3) is 0.231. The quantitative estimate of drug-likeness (QED) is 0.586. The minimum Gasteiger partial charge on any atom is -0.497 e. The van der Waals surface area contributed by atoms with Crippen LogP contribution in [-0.2, 0) is 0 Å². The molecule has 0 saturated heterocycles. The number of benzene rings is 1. The smallest absolute Gasteiger partial charge is 0.492 e. The molecule has 0 fully saturated rings. The summed E-state index contributed by atoms with van der Waals surface area (Å²) in [6.07, 6.45) is 0. The maximum absolute atomic E-state index is 9.36. The van der Waals surface area contributed by atoms with E-state index >= 15 is 0 Å². The van der Waals surface area contributed by atoms with Crippen molar-refractivity contribution in [3.63, 3.8) is 0 Å². The van der Waals surface area contributed by atoms with Gasteiger partial charge in [-0.15, -0.1) is 0 Å². The predicted molar refractivity (Wildman–Crippen MR) is 82.4 cm³/mol. The van der Waals surface area contributed by atoms with Crippen LogP contribution in [0.15, 0.2) is 24.3 Å². The first-order valence-electron chi connectivity index (χ1n) is 6.38. The van der Waals surface area contributed by atoms with Gasteiger partial charge in [-0.05, 0) is 25.1 Å². The number of aryl methyl sites for hydroxylation is 1. The molecule has 0 aliphatic carbocycles. The third kappa shape index (κ3) is 3.62. The van der Waals surface area contributed by atoms with Crippen LogP contribution in [0.2, 0.25) is 0 Å². The number of nitrogens with zero attached hydrogens (tertiary/aromatic N) is 2. The van der Waals surface area contributed by atoms with Crippen LogP contribution in [0.5, 0.6) is 5.75 Å². The van der Waals surface area contributed by atoms with Gasteiger partial charge >= 0.3 is 7.12 Å². The molecule has 2 aromatic rings. The molecular formula is C13H17BN4O3. The summed E-state index contributed by atoms with van der Waals surface area (Å²) in [5, 5.41) is 24.7. The highest BCUT2D eigenvalue weighted by Crippen LogP contribution is 2.18. The molecule has 1 heterocycles. The molecule has 1 aromatic carbocycles. The summed E-state index contributed by atoms with van der Waals surface area (Å²) < 4.78 is 5.08. The summed E-state index contributed by atoms with van der Waals surface area (Å²) >= 11 is 0. The zero-order valence-corrected chi connectivity index (χ0v) is 12.1. The molecule has 7 nitrogen and oxygen atoms in total. The zero-order chi connectivity index (χ0) is 15.4. The highest BCUT2D eigenvalue weighted by Gasteiger charge is 2.17. The van der Waals surface area contributed by atoms with Gasteiger partial charge in [0.05, 0.1) is 7.11 Å². The fourth-order valence-corrected chi connectivity index (χ4v) is 1.90. The zero-order valence-electron chi connectivity index (χ0n) is 12.1. The summed E-state index contributed by atoms with van der Waals surface area (Å²) in [5.41, 5.74) is 1.71. The van der Waals surface area contributed by atoms with E-state index in [0.717, 1.165) is 5.69 Å². The molecule has 0 aliphatic heterocycles. The third-order valence-electron chi connectivity index (χ3n) is 2.87. The number of aromatic nitrogens is 2. The molecule has 8 heteroatoms. The Morgan fingerprint density at radius 3 is 2.57 bits per heavy atom. The van der Waals surface area contributed by atoms with E-state index in [1.165, 1.54) is 7.11 Å². The van der Waals surface area contributed by atoms with Gasteiger partial charge in [-0.1, -0.05) is 0 Å². The van der Waals surface area contributed by atoms with Crippen LogP contribution in [0.3, 0.4) is 0 Å². The minimum absolute atomic E-state index is 0.268. The molecule has 0 aliphatic rings. The molecule has 0 amide bonds. The van der Waals surface area contributed by atoms with E-state index in [-0.39, 0.29) is 5.46 Å². The summed E-state index contributed by atoms with van der Waals surface area (Å²) in [7, 11) is 1.63. The molecule has 0 saturated carbocycles. The van der Waals surface area contributed by atoms with Gasteiger partial charge in [-0.2, -0.15) is 4.98 Å². The third-order valence-corrected chi connectivity index (χ3v) is 2.87. The van der Waals surface area contributed by atoms with E-state index in [9.17, 15) is 10.0 Å². The normalized spacial score (nSPS) is 10.1. The van der Waals surface area contributed by atoms with E-state index in [1.807, 2.05) is 13.0 Å². The maximum atomic E-state index is 9.36. The molecule has 0 radical (unpaired) electrons. The van der Waals surface area contributed by atoms with Crippen molar-refractivity contribution in [2.75, 3.05) is 24.8 Å². The Hall–Kier alpha value is -2.32. The topological polar surface area (TPSA) is 99.5 Å². The van der Waals surface area contributed by atoms with Crippen LogP contribution in [0.4, 0.5) is 17.5 Å². The van der Waals surface area contributed by atoms with Crippen molar-refractivity contribution in [2.24, 2.45) is 0 Å². The van der Waals surface area contributed by atoms with E-state index in [4.69, 9.17) is 4.74 Å². The number of hydrogen-bond donors (Lipinski definition) is 4. The van der Waals surface area contributed by atoms with Crippen molar-refractivity contribution in [1.29, 1.82) is 0 Å². The Morgan fingerprint density at radius 2 is 1.95 bits per heavy atom. The van der Waals surface area contributed by atoms with Gasteiger partial charge in [0, 0.05) is 30.0 Å². The van der Waals surface area contributed by atoms with Crippen molar-refractivity contribution in [2.45, 2.75) is 6.92 Å². The van der Waals surface area contributed by atoms with Crippen molar-refractivity contribution in [3.05, 3.63) is 30.0 Å². The fourth-order valence-electron chi connectivity index (χ4n) is 1.90. The Morgan fingerprint density at radius 1 is 1.19 bits per heavy atom. The predicted octanol–water partition coefficient (Wildman–Crippen LogP) is 0.259. The van der Waals surface area contributed by atoms with Crippen LogP contribution in [0.25, 0.3) is 0 Å². The highest BCUT2D eigenvalue weighted by molar-refractivity contribution is 6.59. The lowest BCUT2D eigenvalue weighted by Gasteiger charge is -2.12. The van der Waals surface area contributed by atoms with Crippen LogP contribution in [0, 0.1) is 6.92 Å². The summed E-state index contributed by atoms with van der Waals surface area (Å²) in [6.45, 7) is 1.87. The summed E-state index contributed by atoms with van der Waals surface area (Å²) in [4.78, 5) is 8.55. The van der Waals surface area contributed by atoms with Gasteiger partial charge < -0.3 is 25.4 Å². The molecule has 110 valence electrons. The Labute approximate surface area is 123 Å². The number of hydrogen-bond acceptors (Lipinski definition) is 7. The van der Waals surface area contributed by atoms with E-state index in [2.05, 4.69) is 20.6 Å². The van der Waals surface area contributed by atoms with Gasteiger partial charge in [-0.25, -0.2) is 4.98 Å². The number of nitrogens with one attached hydrogen (secondary N) is 2. The average Bonchev–Trinajstić information content (AvgIpc) is 2.46. The largest absolute Gasteiger partial charge is 0.497 e. The summed E-state index contributed by atoms with van der Waals surface area (Å²) in [5.74, 6) is 1.51. The van der Waals surface area contributed by atoms with Gasteiger partial charge in [-0.3, -0.25) is 0 Å². The van der Waals surface area contributed by atoms with Gasteiger partial charge in [0.15, 0.2) is 0 Å². The molecular weight excluding hydrogens is 271 g/mol. The Balaban J connectivity index is 2.31. The number of methoxy groups -OCH3 is 1. The van der Waals surface area contributed by atoms with Crippen LogP contribution in [0.1, 0.15) is 5.69 Å². The lowest BCUT2D eigenvalue weighted by molar-refractivity contribution is 0.403. The van der Waals surface area contributed by atoms with Gasteiger partial charge in [0.1, 0.15) is 11.6 Å². The standard InChI is InChI=1S/C13H17BN4O3/c1-8-6-12(15-2)18-13(16-8)17-9-4-5-11(21-3)10(7-9)14(19)20/h4-7,19-20H,1-3H3,(H2,15,16,17,18). The van der Waals surface area contributed by atoms with E-state index < -0.39 is 7.12 Å². The second-order valence-electron chi connectivity index (χ2n) is 4.42. The van der Waals surface area contributed by atoms with Crippen LogP contribution < -0.4 is 20.8 Å². The van der Waals surface area contributed by atoms with Gasteiger partial charge in [0.25, 0.3) is 0 Å². The van der Waals surface area contributed by atoms with Gasteiger partial charge in [0.2, 0.25) is 5.95 Å². The van der Waals surface area contributed by atoms with E-state index in [0.29, 0.717) is 23.2 Å². The lowest BCUT2D eigenvalue weighted by Crippen LogP contribution is -2.31. The average molecular weight is 288 g/mol. The Bertz CT molecular complexity index is 637. The van der Waals surface area contributed by atoms with Crippen molar-refractivity contribution < 1.29 is 14.8 Å². The second kappa shape index (κ2) is 6.42. The monoisotopic (exact) mass is 288 g/mol. The molecule has 1 aromatic heterocycles. The molecule has 0 bridgehead atoms. The SMILES string of the molecule is CNc1cc(C)nc(Nc2ccc(OC)c(B(O)O)c2)n1. The molecule has 0 atom stereocenters. The molecule has 0 spiro atoms. The number of rotatable bonds is 5. The lowest BCUT2D eigenvalue weighted by atomic mass is 9.79. The first-order chi connectivity index (χ1) is 10.0. The molecule has 0 unspecified atom stereocenters. The minimum atomic E-state index is -1.62. The maximum Gasteiger partial charge on any atom is 0.492 e. The molecule has 4 N–H and O–H groups in total. The highest BCUT2D eigenvalue weighted by atomic mass is 16.5. The second-order valence-corrected chi connectivity index (χ2v) is 4.42. The number of anilines is 3. The van der Waals surface area contributed by atoms with Crippen LogP contribution >= 0.6 is 0 Å². The number of ether oxygens (including phenoxy) is 1. The van der Waals surface area contributed by atoms with Crippen molar-refractivity contribution >= 4 is 30.0 Å². The first-order valence-corrected chi connectivity index (χ1v) is 6.38. The molecule has 21 heavy (non-hydrogen) atoms. The van der Waals surface area contributed by atoms with Crippen molar-refractivity contribution in [1.82, 2.24) is 9.97 Å². The molecule has 2 rings (SSSR count). The van der Waals surface area contributed by atoms with E-state index in [1.54, 1.807) is 25.2 Å². The first kappa shape index (κ1) is 15.1. The van der Waals surface area contributed by atoms with Crippen molar-refractivity contribution in [3.8, 4) is 5.75 Å².